The molecule has 1 unspecified atom stereocenters. The molecule has 0 aliphatic carbocycles. The molecule has 0 saturated carbocycles. The Balaban J connectivity index is 2.27. The van der Waals surface area contributed by atoms with Gasteiger partial charge in [-0.05, 0) is 18.7 Å². The van der Waals surface area contributed by atoms with E-state index in [-0.39, 0.29) is 0 Å². The summed E-state index contributed by atoms with van der Waals surface area (Å²) < 4.78 is 10.9. The number of ether oxygens (including phenoxy) is 1. The Kier molecular flexibility index (Phi) is 4.39. The highest BCUT2D eigenvalue weighted by atomic mass is 35.5. The van der Waals surface area contributed by atoms with Gasteiger partial charge in [-0.1, -0.05) is 16.8 Å². The highest BCUT2D eigenvalue weighted by Gasteiger charge is 2.18. The Morgan fingerprint density at radius 1 is 1.47 bits per heavy atom. The minimum atomic E-state index is -0.391. The Bertz CT molecular complexity index is 578. The normalized spacial score (nSPS) is 11.8. The molecule has 6 heteroatoms. The van der Waals surface area contributed by atoms with Gasteiger partial charge in [-0.3, -0.25) is 0 Å². The summed E-state index contributed by atoms with van der Waals surface area (Å²) in [6.45, 7) is 0.424. The van der Waals surface area contributed by atoms with E-state index < -0.39 is 6.10 Å². The van der Waals surface area contributed by atoms with Gasteiger partial charge in [0.25, 0.3) is 0 Å². The van der Waals surface area contributed by atoms with Crippen LogP contribution in [0.1, 0.15) is 23.8 Å². The standard InChI is InChI=1S/C13H12ClN3O2/c14-10-2-1-9(8-16)13(7-10)18-11(3-5-15)12-4-6-17-19-12/h1-2,4,6-7,11H,3,5,15H2. The van der Waals surface area contributed by atoms with Crippen LogP contribution in [0.5, 0.6) is 5.75 Å². The molecule has 5 nitrogen and oxygen atoms in total. The molecule has 0 aliphatic heterocycles. The van der Waals surface area contributed by atoms with Gasteiger partial charge >= 0.3 is 0 Å². The van der Waals surface area contributed by atoms with Gasteiger partial charge < -0.3 is 15.0 Å². The molecule has 0 bridgehead atoms. The zero-order valence-corrected chi connectivity index (χ0v) is 10.8. The fraction of sp³-hybridized carbons (Fsp3) is 0.231. The maximum atomic E-state index is 9.05. The van der Waals surface area contributed by atoms with Crippen molar-refractivity contribution in [3.63, 3.8) is 0 Å². The van der Waals surface area contributed by atoms with E-state index >= 15 is 0 Å². The third kappa shape index (κ3) is 3.25. The number of benzene rings is 1. The maximum Gasteiger partial charge on any atom is 0.177 e. The molecule has 98 valence electrons. The molecule has 2 rings (SSSR count). The van der Waals surface area contributed by atoms with E-state index in [0.29, 0.717) is 35.1 Å². The lowest BCUT2D eigenvalue weighted by Crippen LogP contribution is -2.13. The van der Waals surface area contributed by atoms with Crippen molar-refractivity contribution in [2.24, 2.45) is 5.73 Å². The second kappa shape index (κ2) is 6.23. The number of halogens is 1. The second-order valence-electron chi connectivity index (χ2n) is 3.85. The summed E-state index contributed by atoms with van der Waals surface area (Å²) in [5.41, 5.74) is 5.96. The minimum absolute atomic E-state index is 0.391. The molecule has 0 spiro atoms. The number of hydrogen-bond donors (Lipinski definition) is 1. The predicted octanol–water partition coefficient (Wildman–Crippen LogP) is 2.67. The van der Waals surface area contributed by atoms with E-state index in [1.165, 1.54) is 6.20 Å². The van der Waals surface area contributed by atoms with E-state index in [1.807, 2.05) is 0 Å². The third-order valence-corrected chi connectivity index (χ3v) is 2.77. The van der Waals surface area contributed by atoms with Crippen LogP contribution in [-0.2, 0) is 0 Å². The van der Waals surface area contributed by atoms with Gasteiger partial charge in [0.1, 0.15) is 11.8 Å². The molecular weight excluding hydrogens is 266 g/mol. The van der Waals surface area contributed by atoms with Crippen molar-refractivity contribution in [3.05, 3.63) is 46.8 Å². The summed E-state index contributed by atoms with van der Waals surface area (Å²) in [4.78, 5) is 0. The highest BCUT2D eigenvalue weighted by Crippen LogP contribution is 2.29. The van der Waals surface area contributed by atoms with Gasteiger partial charge in [-0.25, -0.2) is 0 Å². The molecule has 0 aliphatic rings. The SMILES string of the molecule is N#Cc1ccc(Cl)cc1OC(CCN)c1ccno1. The Hall–Kier alpha value is -2.03. The largest absolute Gasteiger partial charge is 0.481 e. The number of nitriles is 1. The highest BCUT2D eigenvalue weighted by molar-refractivity contribution is 6.30. The first-order valence-electron chi connectivity index (χ1n) is 5.71. The molecule has 1 aromatic heterocycles. The summed E-state index contributed by atoms with van der Waals surface area (Å²) in [5, 5.41) is 13.2. The fourth-order valence-corrected chi connectivity index (χ4v) is 1.80. The first kappa shape index (κ1) is 13.4. The minimum Gasteiger partial charge on any atom is -0.481 e. The lowest BCUT2D eigenvalue weighted by Gasteiger charge is -2.16. The first-order valence-corrected chi connectivity index (χ1v) is 6.09. The van der Waals surface area contributed by atoms with Crippen LogP contribution >= 0.6 is 11.6 Å². The van der Waals surface area contributed by atoms with E-state index in [9.17, 15) is 0 Å². The van der Waals surface area contributed by atoms with Crippen LogP contribution in [0.2, 0.25) is 5.02 Å². The van der Waals surface area contributed by atoms with Gasteiger partial charge in [0.15, 0.2) is 11.9 Å². The molecule has 2 N–H and O–H groups in total. The number of nitrogens with zero attached hydrogens (tertiary/aromatic N) is 2. The van der Waals surface area contributed by atoms with Crippen molar-refractivity contribution in [1.29, 1.82) is 5.26 Å². The molecule has 2 aromatic rings. The average Bonchev–Trinajstić information content (AvgIpc) is 2.92. The van der Waals surface area contributed by atoms with Crippen LogP contribution in [0, 0.1) is 11.3 Å². The maximum absolute atomic E-state index is 9.05. The molecule has 19 heavy (non-hydrogen) atoms. The molecule has 0 saturated heterocycles. The van der Waals surface area contributed by atoms with Gasteiger partial charge in [0, 0.05) is 23.6 Å². The lowest BCUT2D eigenvalue weighted by molar-refractivity contribution is 0.157. The number of aromatic nitrogens is 1. The summed E-state index contributed by atoms with van der Waals surface area (Å²) in [7, 11) is 0. The topological polar surface area (TPSA) is 85.1 Å². The Labute approximate surface area is 115 Å². The van der Waals surface area contributed by atoms with Crippen LogP contribution in [-0.4, -0.2) is 11.7 Å². The zero-order chi connectivity index (χ0) is 13.7. The monoisotopic (exact) mass is 277 g/mol. The summed E-state index contributed by atoms with van der Waals surface area (Å²) in [5.74, 6) is 0.971. The first-order chi connectivity index (χ1) is 9.24. The van der Waals surface area contributed by atoms with Crippen molar-refractivity contribution in [3.8, 4) is 11.8 Å². The third-order valence-electron chi connectivity index (χ3n) is 2.54. The number of nitrogens with two attached hydrogens (primary N) is 1. The van der Waals surface area contributed by atoms with Gasteiger partial charge in [0.05, 0.1) is 11.8 Å². The molecular formula is C13H12ClN3O2. The van der Waals surface area contributed by atoms with E-state index in [0.717, 1.165) is 0 Å². The molecule has 0 amide bonds. The lowest BCUT2D eigenvalue weighted by atomic mass is 10.2. The van der Waals surface area contributed by atoms with Crippen LogP contribution in [0.25, 0.3) is 0 Å². The van der Waals surface area contributed by atoms with Crippen LogP contribution in [0.15, 0.2) is 35.0 Å². The van der Waals surface area contributed by atoms with Crippen molar-refractivity contribution in [2.45, 2.75) is 12.5 Å². The summed E-state index contributed by atoms with van der Waals surface area (Å²) in [6, 6.07) is 8.60. The second-order valence-corrected chi connectivity index (χ2v) is 4.29. The van der Waals surface area contributed by atoms with Gasteiger partial charge in [0.2, 0.25) is 0 Å². The van der Waals surface area contributed by atoms with Crippen molar-refractivity contribution in [1.82, 2.24) is 5.16 Å². The Morgan fingerprint density at radius 2 is 2.32 bits per heavy atom. The smallest absolute Gasteiger partial charge is 0.177 e. The molecule has 0 radical (unpaired) electrons. The average molecular weight is 278 g/mol. The Morgan fingerprint density at radius 3 is 2.95 bits per heavy atom. The van der Waals surface area contributed by atoms with Crippen LogP contribution in [0.4, 0.5) is 0 Å². The quantitative estimate of drug-likeness (QED) is 0.908. The van der Waals surface area contributed by atoms with Crippen molar-refractivity contribution < 1.29 is 9.26 Å². The van der Waals surface area contributed by atoms with E-state index in [2.05, 4.69) is 11.2 Å². The summed E-state index contributed by atoms with van der Waals surface area (Å²) in [6.07, 6.45) is 1.69. The zero-order valence-electron chi connectivity index (χ0n) is 10.0. The fourth-order valence-electron chi connectivity index (χ4n) is 1.64. The molecule has 1 heterocycles. The van der Waals surface area contributed by atoms with Crippen LogP contribution in [0.3, 0.4) is 0 Å². The van der Waals surface area contributed by atoms with Gasteiger partial charge in [-0.15, -0.1) is 0 Å². The van der Waals surface area contributed by atoms with Crippen molar-refractivity contribution >= 4 is 11.6 Å². The predicted molar refractivity (Wildman–Crippen MR) is 69.7 cm³/mol. The van der Waals surface area contributed by atoms with Crippen LogP contribution < -0.4 is 10.5 Å². The van der Waals surface area contributed by atoms with E-state index in [4.69, 9.17) is 31.9 Å². The van der Waals surface area contributed by atoms with Gasteiger partial charge in [-0.2, -0.15) is 5.26 Å². The molecule has 1 aromatic carbocycles. The van der Waals surface area contributed by atoms with E-state index in [1.54, 1.807) is 24.3 Å². The molecule has 1 atom stereocenters. The number of rotatable bonds is 5. The summed E-state index contributed by atoms with van der Waals surface area (Å²) >= 11 is 5.91. The number of hydrogen-bond acceptors (Lipinski definition) is 5. The van der Waals surface area contributed by atoms with Crippen molar-refractivity contribution in [2.75, 3.05) is 6.54 Å². The molecule has 0 fully saturated rings.